The highest BCUT2D eigenvalue weighted by atomic mass is 32.2. The second-order valence-electron chi connectivity index (χ2n) is 5.39. The lowest BCUT2D eigenvalue weighted by atomic mass is 10.0. The molecule has 0 aromatic heterocycles. The fourth-order valence-corrected chi connectivity index (χ4v) is 3.59. The van der Waals surface area contributed by atoms with Crippen molar-refractivity contribution in [2.24, 2.45) is 11.8 Å². The third-order valence-corrected chi connectivity index (χ3v) is 5.06. The van der Waals surface area contributed by atoms with Crippen LogP contribution >= 0.6 is 0 Å². The molecule has 0 aromatic rings. The van der Waals surface area contributed by atoms with Crippen molar-refractivity contribution in [2.75, 3.05) is 19.6 Å². The molecule has 0 aliphatic carbocycles. The van der Waals surface area contributed by atoms with Gasteiger partial charge >= 0.3 is 5.97 Å². The Balaban J connectivity index is 2.32. The molecule has 2 atom stereocenters. The maximum Gasteiger partial charge on any atom is 0.306 e. The molecular formula is C12H24N2O4S. The van der Waals surface area contributed by atoms with Gasteiger partial charge in [-0.1, -0.05) is 13.8 Å². The zero-order chi connectivity index (χ0) is 14.5. The van der Waals surface area contributed by atoms with Crippen LogP contribution in [0.15, 0.2) is 0 Å². The summed E-state index contributed by atoms with van der Waals surface area (Å²) in [5, 5.41) is 8.73. The van der Waals surface area contributed by atoms with E-state index in [1.165, 1.54) is 4.31 Å². The van der Waals surface area contributed by atoms with Gasteiger partial charge in [-0.25, -0.2) is 4.72 Å². The average Bonchev–Trinajstić information content (AvgIpc) is 2.34. The molecule has 1 aliphatic heterocycles. The largest absolute Gasteiger partial charge is 0.481 e. The van der Waals surface area contributed by atoms with Crippen molar-refractivity contribution in [3.8, 4) is 0 Å². The first-order chi connectivity index (χ1) is 8.83. The summed E-state index contributed by atoms with van der Waals surface area (Å²) in [7, 11) is -3.40. The molecule has 0 bridgehead atoms. The highest BCUT2D eigenvalue weighted by molar-refractivity contribution is 7.87. The van der Waals surface area contributed by atoms with Gasteiger partial charge in [0.2, 0.25) is 0 Å². The van der Waals surface area contributed by atoms with Crippen molar-refractivity contribution in [1.82, 2.24) is 9.03 Å². The van der Waals surface area contributed by atoms with Gasteiger partial charge in [-0.2, -0.15) is 12.7 Å². The van der Waals surface area contributed by atoms with Crippen molar-refractivity contribution in [2.45, 2.75) is 39.5 Å². The van der Waals surface area contributed by atoms with Gasteiger partial charge in [0, 0.05) is 19.6 Å². The molecule has 7 heteroatoms. The maximum atomic E-state index is 12.0. The normalized spacial score (nSPS) is 23.2. The zero-order valence-electron chi connectivity index (χ0n) is 11.6. The van der Waals surface area contributed by atoms with Gasteiger partial charge in [-0.15, -0.1) is 0 Å². The molecule has 6 nitrogen and oxygen atoms in total. The lowest BCUT2D eigenvalue weighted by Gasteiger charge is -2.30. The molecule has 19 heavy (non-hydrogen) atoms. The second-order valence-corrected chi connectivity index (χ2v) is 7.14. The Morgan fingerprint density at radius 2 is 2.21 bits per heavy atom. The Morgan fingerprint density at radius 1 is 1.53 bits per heavy atom. The van der Waals surface area contributed by atoms with Crippen molar-refractivity contribution in [1.29, 1.82) is 0 Å². The van der Waals surface area contributed by atoms with Crippen LogP contribution < -0.4 is 4.72 Å². The predicted octanol–water partition coefficient (Wildman–Crippen LogP) is 1.05. The first-order valence-electron chi connectivity index (χ1n) is 6.80. The van der Waals surface area contributed by atoms with Gasteiger partial charge in [-0.05, 0) is 31.6 Å². The van der Waals surface area contributed by atoms with Crippen LogP contribution in [0.25, 0.3) is 0 Å². The quantitative estimate of drug-likeness (QED) is 0.687. The van der Waals surface area contributed by atoms with Crippen LogP contribution in [0.1, 0.15) is 39.5 Å². The Bertz CT molecular complexity index is 397. The number of aliphatic carboxylic acids is 1. The van der Waals surface area contributed by atoms with Crippen molar-refractivity contribution >= 4 is 16.2 Å². The lowest BCUT2D eigenvalue weighted by molar-refractivity contribution is -0.141. The fourth-order valence-electron chi connectivity index (χ4n) is 2.19. The van der Waals surface area contributed by atoms with Crippen LogP contribution in [0.5, 0.6) is 0 Å². The Labute approximate surface area is 115 Å². The number of nitrogens with zero attached hydrogens (tertiary/aromatic N) is 1. The number of piperidine rings is 1. The Morgan fingerprint density at radius 3 is 2.79 bits per heavy atom. The summed E-state index contributed by atoms with van der Waals surface area (Å²) in [6.45, 7) is 5.12. The monoisotopic (exact) mass is 292 g/mol. The van der Waals surface area contributed by atoms with E-state index < -0.39 is 22.1 Å². The van der Waals surface area contributed by atoms with Crippen molar-refractivity contribution in [3.05, 3.63) is 0 Å². The predicted molar refractivity (Wildman–Crippen MR) is 72.9 cm³/mol. The Kier molecular flexibility index (Phi) is 6.22. The molecule has 0 amide bonds. The van der Waals surface area contributed by atoms with Crippen LogP contribution in [0.2, 0.25) is 0 Å². The summed E-state index contributed by atoms with van der Waals surface area (Å²) >= 11 is 0. The minimum atomic E-state index is -3.40. The van der Waals surface area contributed by atoms with Crippen molar-refractivity contribution in [3.63, 3.8) is 0 Å². The van der Waals surface area contributed by atoms with Crippen LogP contribution in [-0.4, -0.2) is 43.4 Å². The molecule has 2 N–H and O–H groups in total. The number of hydrogen-bond donors (Lipinski definition) is 2. The van der Waals surface area contributed by atoms with E-state index in [1.807, 2.05) is 0 Å². The van der Waals surface area contributed by atoms with E-state index in [-0.39, 0.29) is 0 Å². The number of nitrogens with one attached hydrogen (secondary N) is 1. The van der Waals surface area contributed by atoms with E-state index in [0.29, 0.717) is 38.4 Å². The van der Waals surface area contributed by atoms with E-state index in [2.05, 4.69) is 11.6 Å². The molecule has 0 saturated carbocycles. The topological polar surface area (TPSA) is 86.7 Å². The minimum Gasteiger partial charge on any atom is -0.481 e. The number of carboxylic acid groups (broad SMARTS) is 1. The highest BCUT2D eigenvalue weighted by Crippen LogP contribution is 2.17. The third-order valence-electron chi connectivity index (χ3n) is 3.48. The number of carboxylic acids is 1. The summed E-state index contributed by atoms with van der Waals surface area (Å²) in [5.41, 5.74) is 0. The van der Waals surface area contributed by atoms with Crippen LogP contribution in [-0.2, 0) is 15.0 Å². The molecule has 1 fully saturated rings. The SMILES string of the molecule is CC1CCCN(S(=O)(=O)NCCCC(C)C(=O)O)C1. The summed E-state index contributed by atoms with van der Waals surface area (Å²) in [4.78, 5) is 10.6. The average molecular weight is 292 g/mol. The van der Waals surface area contributed by atoms with Crippen molar-refractivity contribution < 1.29 is 18.3 Å². The van der Waals surface area contributed by atoms with E-state index >= 15 is 0 Å². The summed E-state index contributed by atoms with van der Waals surface area (Å²) < 4.78 is 28.1. The minimum absolute atomic E-state index is 0.296. The van der Waals surface area contributed by atoms with E-state index in [0.717, 1.165) is 12.8 Å². The van der Waals surface area contributed by atoms with Crippen LogP contribution in [0.4, 0.5) is 0 Å². The van der Waals surface area contributed by atoms with E-state index in [1.54, 1.807) is 6.92 Å². The molecule has 1 heterocycles. The van der Waals surface area contributed by atoms with Gasteiger partial charge in [0.15, 0.2) is 0 Å². The Hall–Kier alpha value is -0.660. The van der Waals surface area contributed by atoms with E-state index in [4.69, 9.17) is 5.11 Å². The van der Waals surface area contributed by atoms with Gasteiger partial charge in [0.25, 0.3) is 10.2 Å². The molecule has 1 aliphatic rings. The van der Waals surface area contributed by atoms with Crippen LogP contribution in [0, 0.1) is 11.8 Å². The van der Waals surface area contributed by atoms with E-state index in [9.17, 15) is 13.2 Å². The number of carbonyl (C=O) groups is 1. The number of rotatable bonds is 7. The number of hydrogen-bond acceptors (Lipinski definition) is 3. The second kappa shape index (κ2) is 7.21. The standard InChI is InChI=1S/C12H24N2O4S/c1-10-5-4-8-14(9-10)19(17,18)13-7-3-6-11(2)12(15)16/h10-11,13H,3-9H2,1-2H3,(H,15,16). The van der Waals surface area contributed by atoms with Gasteiger partial charge in [-0.3, -0.25) is 4.79 Å². The molecule has 0 radical (unpaired) electrons. The molecule has 1 rings (SSSR count). The highest BCUT2D eigenvalue weighted by Gasteiger charge is 2.26. The molecule has 0 spiro atoms. The molecule has 112 valence electrons. The van der Waals surface area contributed by atoms with Crippen LogP contribution in [0.3, 0.4) is 0 Å². The molecular weight excluding hydrogens is 268 g/mol. The smallest absolute Gasteiger partial charge is 0.306 e. The van der Waals surface area contributed by atoms with Gasteiger partial charge in [0.1, 0.15) is 0 Å². The maximum absolute atomic E-state index is 12.0. The first kappa shape index (κ1) is 16.4. The molecule has 1 saturated heterocycles. The lowest BCUT2D eigenvalue weighted by Crippen LogP contribution is -2.45. The summed E-state index contributed by atoms with van der Waals surface area (Å²) in [6, 6.07) is 0. The summed E-state index contributed by atoms with van der Waals surface area (Å²) in [6.07, 6.45) is 2.99. The van der Waals surface area contributed by atoms with Gasteiger partial charge < -0.3 is 5.11 Å². The first-order valence-corrected chi connectivity index (χ1v) is 8.24. The molecule has 2 unspecified atom stereocenters. The fraction of sp³-hybridized carbons (Fsp3) is 0.917. The van der Waals surface area contributed by atoms with Gasteiger partial charge in [0.05, 0.1) is 5.92 Å². The third kappa shape index (κ3) is 5.46. The molecule has 0 aromatic carbocycles. The summed E-state index contributed by atoms with van der Waals surface area (Å²) in [5.74, 6) is -0.871. The zero-order valence-corrected chi connectivity index (χ0v) is 12.4.